The molecular formula is C10H10CaO2. The van der Waals surface area contributed by atoms with E-state index in [0.717, 1.165) is 0 Å². The van der Waals surface area contributed by atoms with E-state index in [-0.39, 0.29) is 55.7 Å². The molecule has 2 nitrogen and oxygen atoms in total. The van der Waals surface area contributed by atoms with Gasteiger partial charge >= 0.3 is 0 Å². The smallest absolute Gasteiger partial charge is 0.170 e. The Bertz CT molecular complexity index is 293. The first-order valence-corrected chi connectivity index (χ1v) is 3.78. The molecule has 1 aromatic carbocycles. The quantitative estimate of drug-likeness (QED) is 0.422. The van der Waals surface area contributed by atoms with Gasteiger partial charge in [0.05, 0.1) is 6.42 Å². The molecule has 2 radical (unpaired) electrons. The van der Waals surface area contributed by atoms with Crippen molar-refractivity contribution in [2.45, 2.75) is 13.3 Å². The Kier molecular flexibility index (Phi) is 6.21. The molecule has 1 aromatic rings. The molecule has 0 aromatic heterocycles. The van der Waals surface area contributed by atoms with Gasteiger partial charge in [-0.25, -0.2) is 0 Å². The molecule has 0 bridgehead atoms. The van der Waals surface area contributed by atoms with Crippen LogP contribution >= 0.6 is 0 Å². The van der Waals surface area contributed by atoms with Gasteiger partial charge < -0.3 is 0 Å². The van der Waals surface area contributed by atoms with Crippen LogP contribution in [0.4, 0.5) is 0 Å². The third kappa shape index (κ3) is 4.55. The zero-order valence-corrected chi connectivity index (χ0v) is 9.83. The summed E-state index contributed by atoms with van der Waals surface area (Å²) >= 11 is 0. The normalized spacial score (nSPS) is 8.69. The van der Waals surface area contributed by atoms with Crippen LogP contribution in [0.25, 0.3) is 0 Å². The van der Waals surface area contributed by atoms with Crippen molar-refractivity contribution in [1.29, 1.82) is 0 Å². The average Bonchev–Trinajstić information content (AvgIpc) is 2.05. The predicted octanol–water partition coefficient (Wildman–Crippen LogP) is 1.47. The van der Waals surface area contributed by atoms with Gasteiger partial charge in [-0.05, 0) is 6.92 Å². The van der Waals surface area contributed by atoms with Crippen LogP contribution < -0.4 is 0 Å². The first kappa shape index (κ1) is 12.8. The van der Waals surface area contributed by atoms with Gasteiger partial charge in [0, 0.05) is 43.3 Å². The van der Waals surface area contributed by atoms with Gasteiger partial charge in [0.15, 0.2) is 5.78 Å². The van der Waals surface area contributed by atoms with Crippen LogP contribution in [0, 0.1) is 0 Å². The largest absolute Gasteiger partial charge is 0.300 e. The Morgan fingerprint density at radius 3 is 2.15 bits per heavy atom. The maximum atomic E-state index is 11.2. The number of rotatable bonds is 3. The fourth-order valence-corrected chi connectivity index (χ4v) is 0.952. The minimum absolute atomic E-state index is 0. The van der Waals surface area contributed by atoms with Gasteiger partial charge in [0.2, 0.25) is 0 Å². The van der Waals surface area contributed by atoms with E-state index >= 15 is 0 Å². The van der Waals surface area contributed by atoms with Crippen LogP contribution in [0.15, 0.2) is 30.3 Å². The Hall–Kier alpha value is -0.180. The fourth-order valence-electron chi connectivity index (χ4n) is 0.952. The number of carbonyl (C=O) groups excluding carboxylic acids is 2. The second-order valence-corrected chi connectivity index (χ2v) is 2.67. The summed E-state index contributed by atoms with van der Waals surface area (Å²) in [7, 11) is 0. The van der Waals surface area contributed by atoms with E-state index in [1.54, 1.807) is 24.3 Å². The molecule has 0 heterocycles. The molecule has 3 heteroatoms. The van der Waals surface area contributed by atoms with E-state index in [1.807, 2.05) is 6.07 Å². The molecule has 0 unspecified atom stereocenters. The van der Waals surface area contributed by atoms with Crippen molar-refractivity contribution in [2.24, 2.45) is 0 Å². The van der Waals surface area contributed by atoms with Crippen LogP contribution in [0.3, 0.4) is 0 Å². The van der Waals surface area contributed by atoms with Crippen molar-refractivity contribution >= 4 is 49.3 Å². The summed E-state index contributed by atoms with van der Waals surface area (Å²) in [6, 6.07) is 8.84. The zero-order valence-electron chi connectivity index (χ0n) is 7.62. The summed E-state index contributed by atoms with van der Waals surface area (Å²) in [5.74, 6) is -0.202. The van der Waals surface area contributed by atoms with Gasteiger partial charge in [-0.1, -0.05) is 30.3 Å². The van der Waals surface area contributed by atoms with Gasteiger partial charge in [0.1, 0.15) is 5.78 Å². The Labute approximate surface area is 107 Å². The van der Waals surface area contributed by atoms with Crippen LogP contribution in [0.1, 0.15) is 23.7 Å². The van der Waals surface area contributed by atoms with Gasteiger partial charge in [0.25, 0.3) is 0 Å². The molecule has 0 fully saturated rings. The van der Waals surface area contributed by atoms with Crippen molar-refractivity contribution < 1.29 is 9.59 Å². The Morgan fingerprint density at radius 1 is 1.15 bits per heavy atom. The van der Waals surface area contributed by atoms with Crippen LogP contribution in [0.5, 0.6) is 0 Å². The van der Waals surface area contributed by atoms with Crippen molar-refractivity contribution in [2.75, 3.05) is 0 Å². The number of benzene rings is 1. The number of hydrogen-bond acceptors (Lipinski definition) is 2. The summed E-state index contributed by atoms with van der Waals surface area (Å²) in [6.45, 7) is 1.42. The first-order valence-electron chi connectivity index (χ1n) is 3.78. The Balaban J connectivity index is 0.00000144. The molecule has 13 heavy (non-hydrogen) atoms. The third-order valence-corrected chi connectivity index (χ3v) is 1.51. The van der Waals surface area contributed by atoms with E-state index in [1.165, 1.54) is 6.92 Å². The van der Waals surface area contributed by atoms with E-state index < -0.39 is 0 Å². The van der Waals surface area contributed by atoms with Gasteiger partial charge in [-0.3, -0.25) is 9.59 Å². The molecule has 0 aliphatic carbocycles. The van der Waals surface area contributed by atoms with Crippen LogP contribution in [-0.4, -0.2) is 49.3 Å². The Morgan fingerprint density at radius 2 is 1.69 bits per heavy atom. The SMILES string of the molecule is CC(=O)CC(=O)c1ccccc1.[Ca]. The second-order valence-electron chi connectivity index (χ2n) is 2.67. The number of Topliss-reactive ketones (excluding diaryl/α,β-unsaturated/α-hetero) is 2. The molecule has 0 spiro atoms. The summed E-state index contributed by atoms with van der Waals surface area (Å²) in [5.41, 5.74) is 0.604. The van der Waals surface area contributed by atoms with Gasteiger partial charge in [-0.2, -0.15) is 0 Å². The van der Waals surface area contributed by atoms with Crippen molar-refractivity contribution in [3.05, 3.63) is 35.9 Å². The monoisotopic (exact) mass is 202 g/mol. The summed E-state index contributed by atoms with van der Waals surface area (Å²) < 4.78 is 0. The third-order valence-electron chi connectivity index (χ3n) is 1.51. The fraction of sp³-hybridized carbons (Fsp3) is 0.200. The molecule has 0 saturated carbocycles. The van der Waals surface area contributed by atoms with Crippen LogP contribution in [0.2, 0.25) is 0 Å². The number of carbonyl (C=O) groups is 2. The number of hydrogen-bond donors (Lipinski definition) is 0. The van der Waals surface area contributed by atoms with E-state index in [2.05, 4.69) is 0 Å². The van der Waals surface area contributed by atoms with Crippen molar-refractivity contribution in [3.63, 3.8) is 0 Å². The van der Waals surface area contributed by atoms with E-state index in [4.69, 9.17) is 0 Å². The molecule has 0 atom stereocenters. The molecule has 0 N–H and O–H groups in total. The molecule has 0 aliphatic heterocycles. The summed E-state index contributed by atoms with van der Waals surface area (Å²) in [4.78, 5) is 21.8. The number of ketones is 2. The molecule has 64 valence electrons. The molecule has 0 aliphatic rings. The van der Waals surface area contributed by atoms with Crippen molar-refractivity contribution in [1.82, 2.24) is 0 Å². The van der Waals surface area contributed by atoms with Crippen LogP contribution in [-0.2, 0) is 4.79 Å². The van der Waals surface area contributed by atoms with Gasteiger partial charge in [-0.15, -0.1) is 0 Å². The average molecular weight is 202 g/mol. The second kappa shape index (κ2) is 6.30. The molecule has 1 rings (SSSR count). The van der Waals surface area contributed by atoms with Crippen molar-refractivity contribution in [3.8, 4) is 0 Å². The zero-order chi connectivity index (χ0) is 8.97. The predicted molar refractivity (Wildman–Crippen MR) is 51.8 cm³/mol. The van der Waals surface area contributed by atoms with E-state index in [9.17, 15) is 9.59 Å². The summed E-state index contributed by atoms with van der Waals surface area (Å²) in [6.07, 6.45) is 0.00398. The molecule has 0 amide bonds. The minimum atomic E-state index is -0.108. The molecule has 0 saturated heterocycles. The topological polar surface area (TPSA) is 34.1 Å². The summed E-state index contributed by atoms with van der Waals surface area (Å²) in [5, 5.41) is 0. The van der Waals surface area contributed by atoms with E-state index in [0.29, 0.717) is 5.56 Å². The first-order chi connectivity index (χ1) is 5.70. The minimum Gasteiger partial charge on any atom is -0.300 e. The standard InChI is InChI=1S/C10H10O2.Ca/c1-8(11)7-10(12)9-5-3-2-4-6-9;/h2-6H,7H2,1H3;. The maximum Gasteiger partial charge on any atom is 0.170 e. The maximum absolute atomic E-state index is 11.2. The molecular weight excluding hydrogens is 192 g/mol.